The lowest BCUT2D eigenvalue weighted by Crippen LogP contribution is -2.56. The van der Waals surface area contributed by atoms with Gasteiger partial charge in [0.05, 0.1) is 12.1 Å². The molecule has 1 unspecified atom stereocenters. The summed E-state index contributed by atoms with van der Waals surface area (Å²) >= 11 is 0. The van der Waals surface area contributed by atoms with Crippen LogP contribution < -0.4 is 20.1 Å². The number of aliphatic hydroxyl groups excluding tert-OH is 1. The summed E-state index contributed by atoms with van der Waals surface area (Å²) in [4.78, 5) is 2.21. The molecule has 0 aromatic heterocycles. The van der Waals surface area contributed by atoms with E-state index >= 15 is 0 Å². The summed E-state index contributed by atoms with van der Waals surface area (Å²) in [7, 11) is 0. The fourth-order valence-electron chi connectivity index (χ4n) is 2.74. The number of aliphatic hydroxyl groups is 1. The highest BCUT2D eigenvalue weighted by molar-refractivity contribution is 5.57. The van der Waals surface area contributed by atoms with Gasteiger partial charge in [-0.1, -0.05) is 0 Å². The van der Waals surface area contributed by atoms with Gasteiger partial charge in [-0.2, -0.15) is 0 Å². The minimum atomic E-state index is -0.495. The molecule has 1 atom stereocenters. The number of anilines is 1. The Kier molecular flexibility index (Phi) is 3.24. The second kappa shape index (κ2) is 4.90. The molecule has 0 saturated carbocycles. The number of hydrogen-bond donors (Lipinski definition) is 2. The maximum atomic E-state index is 9.41. The zero-order chi connectivity index (χ0) is 13.3. The van der Waals surface area contributed by atoms with Crippen LogP contribution in [-0.4, -0.2) is 43.6 Å². The van der Waals surface area contributed by atoms with E-state index in [4.69, 9.17) is 15.2 Å². The standard InChI is InChI=1S/C14H20N2O3/c15-14(10-17)4-1-5-16(9-14)11-2-3-12-13(8-11)19-7-6-18-12/h2-3,8,17H,1,4-7,9-10,15H2. The largest absolute Gasteiger partial charge is 0.486 e. The average Bonchev–Trinajstić information content (AvgIpc) is 2.47. The molecule has 0 amide bonds. The first-order valence-electron chi connectivity index (χ1n) is 6.75. The Hall–Kier alpha value is -1.46. The fraction of sp³-hybridized carbons (Fsp3) is 0.571. The molecule has 0 bridgehead atoms. The molecular weight excluding hydrogens is 244 g/mol. The number of ether oxygens (including phenoxy) is 2. The van der Waals surface area contributed by atoms with Crippen molar-refractivity contribution in [3.05, 3.63) is 18.2 Å². The summed E-state index contributed by atoms with van der Waals surface area (Å²) in [6, 6.07) is 5.96. The molecule has 104 valence electrons. The lowest BCUT2D eigenvalue weighted by Gasteiger charge is -2.40. The van der Waals surface area contributed by atoms with Gasteiger partial charge in [0.2, 0.25) is 0 Å². The number of nitrogens with two attached hydrogens (primary N) is 1. The Morgan fingerprint density at radius 1 is 1.26 bits per heavy atom. The van der Waals surface area contributed by atoms with E-state index in [1.165, 1.54) is 0 Å². The van der Waals surface area contributed by atoms with Crippen LogP contribution >= 0.6 is 0 Å². The van der Waals surface area contributed by atoms with Crippen molar-refractivity contribution in [2.75, 3.05) is 37.8 Å². The van der Waals surface area contributed by atoms with Crippen molar-refractivity contribution < 1.29 is 14.6 Å². The molecule has 19 heavy (non-hydrogen) atoms. The number of piperidine rings is 1. The lowest BCUT2D eigenvalue weighted by molar-refractivity contribution is 0.170. The van der Waals surface area contributed by atoms with Crippen LogP contribution in [0.4, 0.5) is 5.69 Å². The van der Waals surface area contributed by atoms with Gasteiger partial charge < -0.3 is 25.2 Å². The van der Waals surface area contributed by atoms with Crippen LogP contribution in [0.3, 0.4) is 0 Å². The van der Waals surface area contributed by atoms with E-state index in [0.717, 1.165) is 36.6 Å². The first kappa shape index (κ1) is 12.6. The van der Waals surface area contributed by atoms with Gasteiger partial charge in [-0.25, -0.2) is 0 Å². The van der Waals surface area contributed by atoms with Crippen molar-refractivity contribution in [2.24, 2.45) is 5.73 Å². The van der Waals surface area contributed by atoms with Gasteiger partial charge in [0.1, 0.15) is 13.2 Å². The Morgan fingerprint density at radius 3 is 2.84 bits per heavy atom. The quantitative estimate of drug-likeness (QED) is 0.825. The highest BCUT2D eigenvalue weighted by Crippen LogP contribution is 2.35. The third-order valence-electron chi connectivity index (χ3n) is 3.81. The monoisotopic (exact) mass is 264 g/mol. The van der Waals surface area contributed by atoms with Gasteiger partial charge in [0.15, 0.2) is 11.5 Å². The lowest BCUT2D eigenvalue weighted by atomic mass is 9.90. The van der Waals surface area contributed by atoms with Crippen molar-refractivity contribution >= 4 is 5.69 Å². The van der Waals surface area contributed by atoms with Gasteiger partial charge in [-0.3, -0.25) is 0 Å². The van der Waals surface area contributed by atoms with Gasteiger partial charge in [-0.05, 0) is 25.0 Å². The van der Waals surface area contributed by atoms with Gasteiger partial charge in [0.25, 0.3) is 0 Å². The molecule has 2 heterocycles. The molecule has 3 rings (SSSR count). The molecule has 1 saturated heterocycles. The Labute approximate surface area is 112 Å². The number of hydrogen-bond acceptors (Lipinski definition) is 5. The predicted molar refractivity (Wildman–Crippen MR) is 72.9 cm³/mol. The second-order valence-electron chi connectivity index (χ2n) is 5.37. The molecular formula is C14H20N2O3. The van der Waals surface area contributed by atoms with Crippen molar-refractivity contribution in [2.45, 2.75) is 18.4 Å². The second-order valence-corrected chi connectivity index (χ2v) is 5.37. The molecule has 0 spiro atoms. The number of rotatable bonds is 2. The number of nitrogens with zero attached hydrogens (tertiary/aromatic N) is 1. The molecule has 5 nitrogen and oxygen atoms in total. The molecule has 2 aliphatic rings. The predicted octanol–water partition coefficient (Wildman–Crippen LogP) is 0.748. The molecule has 2 aliphatic heterocycles. The molecule has 1 aromatic carbocycles. The maximum Gasteiger partial charge on any atom is 0.163 e. The molecule has 1 aromatic rings. The van der Waals surface area contributed by atoms with Crippen molar-refractivity contribution in [1.29, 1.82) is 0 Å². The Balaban J connectivity index is 1.82. The summed E-state index contributed by atoms with van der Waals surface area (Å²) in [5, 5.41) is 9.41. The number of fused-ring (bicyclic) bond motifs is 1. The van der Waals surface area contributed by atoms with Crippen LogP contribution in [0.25, 0.3) is 0 Å². The summed E-state index contributed by atoms with van der Waals surface area (Å²) in [5.74, 6) is 1.59. The molecule has 5 heteroatoms. The van der Waals surface area contributed by atoms with Crippen molar-refractivity contribution in [3.63, 3.8) is 0 Å². The van der Waals surface area contributed by atoms with Crippen LogP contribution in [0.2, 0.25) is 0 Å². The van der Waals surface area contributed by atoms with E-state index in [1.54, 1.807) is 0 Å². The highest BCUT2D eigenvalue weighted by Gasteiger charge is 2.31. The van der Waals surface area contributed by atoms with Crippen LogP contribution in [0.5, 0.6) is 11.5 Å². The maximum absolute atomic E-state index is 9.41. The van der Waals surface area contributed by atoms with E-state index in [1.807, 2.05) is 18.2 Å². The van der Waals surface area contributed by atoms with Gasteiger partial charge >= 0.3 is 0 Å². The number of benzene rings is 1. The first-order chi connectivity index (χ1) is 9.20. The minimum absolute atomic E-state index is 0.0219. The summed E-state index contributed by atoms with van der Waals surface area (Å²) < 4.78 is 11.1. The first-order valence-corrected chi connectivity index (χ1v) is 6.75. The Bertz CT molecular complexity index is 466. The highest BCUT2D eigenvalue weighted by atomic mass is 16.6. The minimum Gasteiger partial charge on any atom is -0.486 e. The smallest absolute Gasteiger partial charge is 0.163 e. The topological polar surface area (TPSA) is 68.0 Å². The van der Waals surface area contributed by atoms with Gasteiger partial charge in [-0.15, -0.1) is 0 Å². The summed E-state index contributed by atoms with van der Waals surface area (Å²) in [5.41, 5.74) is 6.76. The van der Waals surface area contributed by atoms with Crippen LogP contribution in [0.1, 0.15) is 12.8 Å². The van der Waals surface area contributed by atoms with Crippen molar-refractivity contribution in [1.82, 2.24) is 0 Å². The SMILES string of the molecule is NC1(CO)CCCN(c2ccc3c(c2)OCCO3)C1. The van der Waals surface area contributed by atoms with E-state index in [2.05, 4.69) is 4.90 Å². The Morgan fingerprint density at radius 2 is 2.05 bits per heavy atom. The van der Waals surface area contributed by atoms with Crippen LogP contribution in [0, 0.1) is 0 Å². The third-order valence-corrected chi connectivity index (χ3v) is 3.81. The summed E-state index contributed by atoms with van der Waals surface area (Å²) in [6.07, 6.45) is 1.86. The van der Waals surface area contributed by atoms with E-state index in [-0.39, 0.29) is 6.61 Å². The zero-order valence-electron chi connectivity index (χ0n) is 11.0. The van der Waals surface area contributed by atoms with Crippen molar-refractivity contribution in [3.8, 4) is 11.5 Å². The van der Waals surface area contributed by atoms with Crippen LogP contribution in [-0.2, 0) is 0 Å². The van der Waals surface area contributed by atoms with E-state index in [0.29, 0.717) is 19.8 Å². The van der Waals surface area contributed by atoms with Gasteiger partial charge in [0, 0.05) is 24.8 Å². The summed E-state index contributed by atoms with van der Waals surface area (Å²) in [6.45, 7) is 2.84. The molecule has 0 radical (unpaired) electrons. The average molecular weight is 264 g/mol. The third kappa shape index (κ3) is 2.48. The molecule has 3 N–H and O–H groups in total. The van der Waals surface area contributed by atoms with E-state index in [9.17, 15) is 5.11 Å². The molecule has 0 aliphatic carbocycles. The van der Waals surface area contributed by atoms with Crippen LogP contribution in [0.15, 0.2) is 18.2 Å². The fourth-order valence-corrected chi connectivity index (χ4v) is 2.74. The van der Waals surface area contributed by atoms with E-state index < -0.39 is 5.54 Å². The molecule has 1 fully saturated rings. The normalized spacial score (nSPS) is 26.3. The zero-order valence-corrected chi connectivity index (χ0v) is 11.0.